The van der Waals surface area contributed by atoms with Gasteiger partial charge >= 0.3 is 6.03 Å². The van der Waals surface area contributed by atoms with Crippen molar-refractivity contribution in [2.45, 2.75) is 52.0 Å². The summed E-state index contributed by atoms with van der Waals surface area (Å²) in [6.45, 7) is 6.41. The molecule has 1 fully saturated rings. The molecule has 178 valence electrons. The first-order chi connectivity index (χ1) is 16.4. The van der Waals surface area contributed by atoms with Crippen molar-refractivity contribution in [3.05, 3.63) is 59.8 Å². The van der Waals surface area contributed by atoms with Crippen LogP contribution in [0.1, 0.15) is 62.0 Å². The van der Waals surface area contributed by atoms with Crippen LogP contribution in [0.3, 0.4) is 0 Å². The molecule has 8 heteroatoms. The zero-order chi connectivity index (χ0) is 24.2. The summed E-state index contributed by atoms with van der Waals surface area (Å²) in [5, 5.41) is 20.9. The summed E-state index contributed by atoms with van der Waals surface area (Å²) in [5.41, 5.74) is 2.80. The van der Waals surface area contributed by atoms with Crippen LogP contribution >= 0.6 is 0 Å². The molecule has 8 nitrogen and oxygen atoms in total. The number of phenols is 1. The minimum atomic E-state index is -0.294. The zero-order valence-corrected chi connectivity index (χ0v) is 19.7. The van der Waals surface area contributed by atoms with Crippen molar-refractivity contribution in [3.8, 4) is 22.8 Å². The van der Waals surface area contributed by atoms with Gasteiger partial charge in [-0.05, 0) is 75.6 Å². The summed E-state index contributed by atoms with van der Waals surface area (Å²) in [6.07, 6.45) is 2.86. The monoisotopic (exact) mass is 462 g/mol. The Kier molecular flexibility index (Phi) is 6.86. The molecule has 34 heavy (non-hydrogen) atoms. The van der Waals surface area contributed by atoms with Crippen LogP contribution in [0.4, 0.5) is 10.5 Å². The summed E-state index contributed by atoms with van der Waals surface area (Å²) in [6, 6.07) is 13.4. The van der Waals surface area contributed by atoms with Crippen molar-refractivity contribution < 1.29 is 19.4 Å². The summed E-state index contributed by atoms with van der Waals surface area (Å²) in [7, 11) is 0. The molecule has 1 heterocycles. The molecule has 0 saturated heterocycles. The lowest BCUT2D eigenvalue weighted by atomic mass is 10.1. The average molecular weight is 463 g/mol. The first kappa shape index (κ1) is 23.4. The number of anilines is 1. The number of hydrogen-bond donors (Lipinski definition) is 3. The number of carbonyl (C=O) groups is 2. The molecule has 0 aliphatic heterocycles. The van der Waals surface area contributed by atoms with Crippen LogP contribution in [0.15, 0.2) is 48.5 Å². The molecular weight excluding hydrogens is 432 g/mol. The maximum Gasteiger partial charge on any atom is 0.342 e. The minimum absolute atomic E-state index is 0.0289. The van der Waals surface area contributed by atoms with Crippen molar-refractivity contribution in [1.82, 2.24) is 15.1 Å². The Labute approximate surface area is 198 Å². The van der Waals surface area contributed by atoms with Crippen molar-refractivity contribution in [2.24, 2.45) is 0 Å². The first-order valence-corrected chi connectivity index (χ1v) is 11.7. The number of aromatic nitrogens is 2. The molecule has 1 aliphatic rings. The number of amides is 2. The smallest absolute Gasteiger partial charge is 0.342 e. The van der Waals surface area contributed by atoms with Crippen LogP contribution in [-0.2, 0) is 0 Å². The van der Waals surface area contributed by atoms with Gasteiger partial charge < -0.3 is 20.5 Å². The van der Waals surface area contributed by atoms with Crippen LogP contribution in [0, 0.1) is 0 Å². The predicted molar refractivity (Wildman–Crippen MR) is 131 cm³/mol. The molecule has 1 unspecified atom stereocenters. The quantitative estimate of drug-likeness (QED) is 0.430. The van der Waals surface area contributed by atoms with Gasteiger partial charge in [0.15, 0.2) is 0 Å². The Morgan fingerprint density at radius 1 is 1.15 bits per heavy atom. The number of phenolic OH excluding ortho intramolecular Hbond substituents is 1. The van der Waals surface area contributed by atoms with Crippen molar-refractivity contribution in [3.63, 3.8) is 0 Å². The van der Waals surface area contributed by atoms with Gasteiger partial charge in [0.2, 0.25) is 0 Å². The van der Waals surface area contributed by atoms with Gasteiger partial charge in [-0.3, -0.25) is 4.79 Å². The molecule has 2 aromatic carbocycles. The number of hydrogen-bond acceptors (Lipinski definition) is 5. The van der Waals surface area contributed by atoms with E-state index in [4.69, 9.17) is 4.74 Å². The third-order valence-electron chi connectivity index (χ3n) is 5.87. The van der Waals surface area contributed by atoms with E-state index < -0.39 is 0 Å². The maximum absolute atomic E-state index is 12.7. The Balaban J connectivity index is 1.52. The Morgan fingerprint density at radius 2 is 1.88 bits per heavy atom. The van der Waals surface area contributed by atoms with E-state index in [9.17, 15) is 14.7 Å². The lowest BCUT2D eigenvalue weighted by molar-refractivity contribution is 0.102. The molecule has 0 spiro atoms. The van der Waals surface area contributed by atoms with Gasteiger partial charge in [0.25, 0.3) is 5.91 Å². The van der Waals surface area contributed by atoms with Crippen molar-refractivity contribution >= 4 is 17.6 Å². The highest BCUT2D eigenvalue weighted by molar-refractivity contribution is 6.04. The molecule has 1 atom stereocenters. The number of benzene rings is 2. The third kappa shape index (κ3) is 5.22. The van der Waals surface area contributed by atoms with Crippen molar-refractivity contribution in [2.75, 3.05) is 11.9 Å². The van der Waals surface area contributed by atoms with E-state index in [0.717, 1.165) is 25.0 Å². The van der Waals surface area contributed by atoms with Crippen LogP contribution < -0.4 is 15.4 Å². The van der Waals surface area contributed by atoms with Crippen molar-refractivity contribution in [1.29, 1.82) is 0 Å². The molecule has 3 N–H and O–H groups in total. The Bertz CT molecular complexity index is 1180. The zero-order valence-electron chi connectivity index (χ0n) is 19.7. The van der Waals surface area contributed by atoms with Crippen LogP contribution in [0.2, 0.25) is 0 Å². The number of rotatable bonds is 8. The highest BCUT2D eigenvalue weighted by atomic mass is 16.5. The second-order valence-corrected chi connectivity index (χ2v) is 8.54. The second kappa shape index (κ2) is 9.99. The summed E-state index contributed by atoms with van der Waals surface area (Å²) in [5.74, 6) is 0.679. The van der Waals surface area contributed by atoms with Crippen LogP contribution in [0.5, 0.6) is 11.5 Å². The van der Waals surface area contributed by atoms with E-state index in [-0.39, 0.29) is 23.7 Å². The summed E-state index contributed by atoms with van der Waals surface area (Å²) in [4.78, 5) is 25.3. The fourth-order valence-electron chi connectivity index (χ4n) is 3.63. The number of ether oxygens (including phenoxy) is 1. The lowest BCUT2D eigenvalue weighted by Gasteiger charge is -2.12. The second-order valence-electron chi connectivity index (χ2n) is 8.54. The molecule has 3 aromatic rings. The number of carbonyl (C=O) groups excluding carboxylic acids is 2. The van der Waals surface area contributed by atoms with Gasteiger partial charge in [-0.1, -0.05) is 6.92 Å². The topological polar surface area (TPSA) is 105 Å². The first-order valence-electron chi connectivity index (χ1n) is 11.7. The summed E-state index contributed by atoms with van der Waals surface area (Å²) < 4.78 is 6.82. The predicted octanol–water partition coefficient (Wildman–Crippen LogP) is 5.14. The Morgan fingerprint density at radius 3 is 2.50 bits per heavy atom. The van der Waals surface area contributed by atoms with Gasteiger partial charge in [0, 0.05) is 34.8 Å². The lowest BCUT2D eigenvalue weighted by Crippen LogP contribution is -2.36. The fraction of sp³-hybridized carbons (Fsp3) is 0.346. The highest BCUT2D eigenvalue weighted by Crippen LogP contribution is 2.42. The molecule has 0 radical (unpaired) electrons. The van der Waals surface area contributed by atoms with E-state index in [2.05, 4.69) is 15.7 Å². The van der Waals surface area contributed by atoms with Gasteiger partial charge in [0.05, 0.1) is 18.0 Å². The normalized spacial score (nSPS) is 13.9. The van der Waals surface area contributed by atoms with E-state index >= 15 is 0 Å². The fourth-order valence-corrected chi connectivity index (χ4v) is 3.63. The summed E-state index contributed by atoms with van der Waals surface area (Å²) >= 11 is 0. The van der Waals surface area contributed by atoms with E-state index in [0.29, 0.717) is 40.8 Å². The molecule has 2 amide bonds. The number of nitrogens with one attached hydrogen (secondary N) is 2. The average Bonchev–Trinajstić information content (AvgIpc) is 3.58. The number of aromatic hydroxyl groups is 1. The van der Waals surface area contributed by atoms with E-state index in [1.807, 2.05) is 26.8 Å². The molecule has 1 aliphatic carbocycles. The molecule has 1 aromatic heterocycles. The maximum atomic E-state index is 12.7. The third-order valence-corrected chi connectivity index (χ3v) is 5.87. The minimum Gasteiger partial charge on any atom is -0.507 e. The van der Waals surface area contributed by atoms with Gasteiger partial charge in [-0.2, -0.15) is 9.78 Å². The molecule has 0 bridgehead atoms. The largest absolute Gasteiger partial charge is 0.507 e. The SMILES string of the molecule is CCOc1ccc(C(=O)Nc2ccc(-c3cc(C4CC4)n(C(=O)NC(C)CC)n3)c(O)c2)cc1. The van der Waals surface area contributed by atoms with E-state index in [1.54, 1.807) is 36.4 Å². The molecule has 1 saturated carbocycles. The number of nitrogens with zero attached hydrogens (tertiary/aromatic N) is 2. The van der Waals surface area contributed by atoms with Gasteiger partial charge in [-0.15, -0.1) is 0 Å². The van der Waals surface area contributed by atoms with Gasteiger partial charge in [0.1, 0.15) is 11.5 Å². The molecule has 4 rings (SSSR count). The standard InChI is InChI=1S/C26H30N4O4/c1-4-16(3)27-26(33)30-23(17-6-7-17)15-22(29-30)21-13-10-19(14-24(21)31)28-25(32)18-8-11-20(12-9-18)34-5-2/h8-17,31H,4-7H2,1-3H3,(H,27,33)(H,28,32). The van der Waals surface area contributed by atoms with Gasteiger partial charge in [-0.25, -0.2) is 4.79 Å². The molecular formula is C26H30N4O4. The highest BCUT2D eigenvalue weighted by Gasteiger charge is 2.31. The van der Waals surface area contributed by atoms with Crippen LogP contribution in [-0.4, -0.2) is 39.5 Å². The van der Waals surface area contributed by atoms with E-state index in [1.165, 1.54) is 10.7 Å². The van der Waals surface area contributed by atoms with Crippen LogP contribution in [0.25, 0.3) is 11.3 Å². The Hall–Kier alpha value is -3.81.